The maximum absolute atomic E-state index is 13.5. The summed E-state index contributed by atoms with van der Waals surface area (Å²) in [4.78, 5) is 0. The van der Waals surface area contributed by atoms with Gasteiger partial charge in [0, 0.05) is 5.02 Å². The molecule has 0 amide bonds. The summed E-state index contributed by atoms with van der Waals surface area (Å²) in [6.45, 7) is -1.14. The van der Waals surface area contributed by atoms with Crippen LogP contribution in [0.1, 0.15) is 35.1 Å². The number of nitrogens with two attached hydrogens (primary N) is 1. The number of aryl methyl sites for hydroxylation is 2. The predicted molar refractivity (Wildman–Crippen MR) is 111 cm³/mol. The van der Waals surface area contributed by atoms with Crippen LogP contribution in [-0.4, -0.2) is 35.6 Å². The second-order valence-electron chi connectivity index (χ2n) is 7.76. The highest BCUT2D eigenvalue weighted by molar-refractivity contribution is 6.31. The molecule has 0 aliphatic carbocycles. The maximum Gasteiger partial charge on any atom is 0.419 e. The number of alkyl halides is 6. The third-order valence-corrected chi connectivity index (χ3v) is 5.47. The van der Waals surface area contributed by atoms with Crippen molar-refractivity contribution in [2.75, 3.05) is 19.8 Å². The van der Waals surface area contributed by atoms with Crippen LogP contribution in [0.4, 0.5) is 26.3 Å². The minimum atomic E-state index is -4.68. The molecule has 4 N–H and O–H groups in total. The highest BCUT2D eigenvalue weighted by atomic mass is 35.5. The molecule has 0 aromatic heterocycles. The van der Waals surface area contributed by atoms with E-state index >= 15 is 0 Å². The fourth-order valence-corrected chi connectivity index (χ4v) is 3.33. The van der Waals surface area contributed by atoms with E-state index in [2.05, 4.69) is 0 Å². The minimum Gasteiger partial charge on any atom is -0.493 e. The molecule has 0 saturated heterocycles. The van der Waals surface area contributed by atoms with Crippen molar-refractivity contribution < 1.29 is 41.3 Å². The number of hydrogen-bond donors (Lipinski definition) is 3. The molecule has 0 saturated carbocycles. The third-order valence-electron chi connectivity index (χ3n) is 5.12. The predicted octanol–water partition coefficient (Wildman–Crippen LogP) is 5.00. The van der Waals surface area contributed by atoms with Gasteiger partial charge in [0.1, 0.15) is 5.75 Å². The molecule has 0 aliphatic heterocycles. The van der Waals surface area contributed by atoms with E-state index in [-0.39, 0.29) is 43.1 Å². The topological polar surface area (TPSA) is 75.7 Å². The second-order valence-corrected chi connectivity index (χ2v) is 8.17. The smallest absolute Gasteiger partial charge is 0.419 e. The van der Waals surface area contributed by atoms with Gasteiger partial charge in [-0.05, 0) is 61.1 Å². The Bertz CT molecular complexity index is 929. The van der Waals surface area contributed by atoms with Crippen LogP contribution in [0, 0.1) is 0 Å². The Kier molecular flexibility index (Phi) is 9.03. The van der Waals surface area contributed by atoms with Gasteiger partial charge in [-0.1, -0.05) is 23.7 Å². The van der Waals surface area contributed by atoms with Crippen LogP contribution in [0.3, 0.4) is 0 Å². The van der Waals surface area contributed by atoms with Crippen molar-refractivity contribution in [2.45, 2.75) is 43.6 Å². The summed E-state index contributed by atoms with van der Waals surface area (Å²) >= 11 is 5.89. The van der Waals surface area contributed by atoms with Crippen LogP contribution in [0.15, 0.2) is 36.4 Å². The quantitative estimate of drug-likeness (QED) is 0.317. The van der Waals surface area contributed by atoms with Gasteiger partial charge in [-0.15, -0.1) is 0 Å². The van der Waals surface area contributed by atoms with E-state index in [1.807, 2.05) is 0 Å². The summed E-state index contributed by atoms with van der Waals surface area (Å²) in [5.41, 5.74) is 3.33. The number of benzene rings is 2. The van der Waals surface area contributed by atoms with Crippen molar-refractivity contribution in [3.8, 4) is 5.75 Å². The Morgan fingerprint density at radius 1 is 0.879 bits per heavy atom. The Morgan fingerprint density at radius 2 is 1.55 bits per heavy atom. The van der Waals surface area contributed by atoms with E-state index in [1.54, 1.807) is 0 Å². The number of halogens is 7. The van der Waals surface area contributed by atoms with E-state index in [1.165, 1.54) is 18.2 Å². The van der Waals surface area contributed by atoms with Gasteiger partial charge < -0.3 is 20.7 Å². The Labute approximate surface area is 191 Å². The van der Waals surface area contributed by atoms with E-state index < -0.39 is 42.2 Å². The van der Waals surface area contributed by atoms with Crippen molar-refractivity contribution in [3.05, 3.63) is 63.7 Å². The fourth-order valence-electron chi connectivity index (χ4n) is 3.05. The minimum absolute atomic E-state index is 0.0748. The molecule has 0 radical (unpaired) electrons. The number of aliphatic hydroxyl groups excluding tert-OH is 2. The van der Waals surface area contributed by atoms with Gasteiger partial charge >= 0.3 is 12.4 Å². The van der Waals surface area contributed by atoms with Gasteiger partial charge in [0.2, 0.25) is 0 Å². The second kappa shape index (κ2) is 10.9. The molecule has 2 rings (SSSR count). The molecule has 0 aliphatic rings. The van der Waals surface area contributed by atoms with Crippen LogP contribution in [0.5, 0.6) is 5.75 Å². The normalized spacial score (nSPS) is 12.8. The number of aliphatic hydroxyl groups is 2. The van der Waals surface area contributed by atoms with Crippen LogP contribution in [0.2, 0.25) is 5.02 Å². The van der Waals surface area contributed by atoms with Crippen LogP contribution < -0.4 is 10.5 Å². The Morgan fingerprint density at radius 3 is 2.09 bits per heavy atom. The van der Waals surface area contributed by atoms with Gasteiger partial charge in [-0.3, -0.25) is 0 Å². The molecule has 0 spiro atoms. The van der Waals surface area contributed by atoms with Gasteiger partial charge in [0.25, 0.3) is 0 Å². The molecule has 2 aromatic rings. The molecule has 33 heavy (non-hydrogen) atoms. The largest absolute Gasteiger partial charge is 0.493 e. The summed E-state index contributed by atoms with van der Waals surface area (Å²) in [6.07, 6.45) is -8.58. The Balaban J connectivity index is 2.02. The summed E-state index contributed by atoms with van der Waals surface area (Å²) in [5.74, 6) is -0.381. The van der Waals surface area contributed by atoms with E-state index in [4.69, 9.17) is 22.1 Å². The molecular formula is C22H24ClF6NO3. The van der Waals surface area contributed by atoms with Crippen molar-refractivity contribution in [1.82, 2.24) is 0 Å². The van der Waals surface area contributed by atoms with Crippen LogP contribution in [-0.2, 0) is 25.2 Å². The van der Waals surface area contributed by atoms with Gasteiger partial charge in [-0.2, -0.15) is 26.3 Å². The summed E-state index contributed by atoms with van der Waals surface area (Å²) in [5, 5.41) is 18.4. The van der Waals surface area contributed by atoms with Crippen molar-refractivity contribution in [3.63, 3.8) is 0 Å². The molecule has 0 bridgehead atoms. The molecule has 0 unspecified atom stereocenters. The molecule has 0 fully saturated rings. The first-order valence-corrected chi connectivity index (χ1v) is 10.4. The number of rotatable bonds is 10. The zero-order valence-corrected chi connectivity index (χ0v) is 18.2. The highest BCUT2D eigenvalue weighted by Crippen LogP contribution is 2.37. The molecule has 11 heteroatoms. The third kappa shape index (κ3) is 7.77. The van der Waals surface area contributed by atoms with E-state index in [9.17, 15) is 36.6 Å². The SMILES string of the molecule is NC(CO)(CO)CCc1ccc(OCCCc2ccc(C(F)(F)F)cc2Cl)c(C(F)(F)F)c1. The lowest BCUT2D eigenvalue weighted by Crippen LogP contribution is -2.47. The molecule has 2 aromatic carbocycles. The van der Waals surface area contributed by atoms with Gasteiger partial charge in [0.15, 0.2) is 0 Å². The van der Waals surface area contributed by atoms with Gasteiger partial charge in [0.05, 0.1) is 36.5 Å². The monoisotopic (exact) mass is 499 g/mol. The Hall–Kier alpha value is -2.01. The first-order chi connectivity index (χ1) is 15.3. The molecular weight excluding hydrogens is 476 g/mol. The van der Waals surface area contributed by atoms with Crippen molar-refractivity contribution in [1.29, 1.82) is 0 Å². The summed E-state index contributed by atoms with van der Waals surface area (Å²) in [7, 11) is 0. The zero-order chi connectivity index (χ0) is 24.9. The molecule has 4 nitrogen and oxygen atoms in total. The van der Waals surface area contributed by atoms with Crippen LogP contribution in [0.25, 0.3) is 0 Å². The number of hydrogen-bond acceptors (Lipinski definition) is 4. The number of ether oxygens (including phenoxy) is 1. The maximum atomic E-state index is 13.5. The fraction of sp³-hybridized carbons (Fsp3) is 0.455. The van der Waals surface area contributed by atoms with Crippen molar-refractivity contribution >= 4 is 11.6 Å². The average Bonchev–Trinajstić information content (AvgIpc) is 2.75. The average molecular weight is 500 g/mol. The molecule has 0 atom stereocenters. The van der Waals surface area contributed by atoms with Crippen molar-refractivity contribution in [2.24, 2.45) is 5.73 Å². The highest BCUT2D eigenvalue weighted by Gasteiger charge is 2.35. The molecule has 0 heterocycles. The molecule has 184 valence electrons. The first-order valence-electron chi connectivity index (χ1n) is 9.98. The lowest BCUT2D eigenvalue weighted by molar-refractivity contribution is -0.139. The van der Waals surface area contributed by atoms with E-state index in [0.29, 0.717) is 11.1 Å². The summed E-state index contributed by atoms with van der Waals surface area (Å²) < 4.78 is 83.9. The standard InChI is InChI=1S/C22H24ClF6NO3/c23-18-11-16(21(24,25)26)5-4-15(18)2-1-9-33-19-6-3-14(10-17(19)22(27,28)29)7-8-20(30,12-31)13-32/h3-6,10-11,31-32H,1-2,7-9,12-13,30H2. The summed E-state index contributed by atoms with van der Waals surface area (Å²) in [6, 6.07) is 6.48. The lowest BCUT2D eigenvalue weighted by Gasteiger charge is -2.24. The van der Waals surface area contributed by atoms with Gasteiger partial charge in [-0.25, -0.2) is 0 Å². The van der Waals surface area contributed by atoms with E-state index in [0.717, 1.165) is 18.2 Å². The van der Waals surface area contributed by atoms with Crippen LogP contribution >= 0.6 is 11.6 Å². The zero-order valence-electron chi connectivity index (χ0n) is 17.4. The lowest BCUT2D eigenvalue weighted by atomic mass is 9.93. The first kappa shape index (κ1) is 27.2.